The van der Waals surface area contributed by atoms with E-state index in [1.54, 1.807) is 26.0 Å². The van der Waals surface area contributed by atoms with Crippen LogP contribution in [0.15, 0.2) is 72.2 Å². The van der Waals surface area contributed by atoms with Crippen LogP contribution < -0.4 is 11.1 Å². The van der Waals surface area contributed by atoms with Crippen LogP contribution in [-0.4, -0.2) is 38.1 Å². The summed E-state index contributed by atoms with van der Waals surface area (Å²) in [4.78, 5) is 16.9. The van der Waals surface area contributed by atoms with E-state index in [1.165, 1.54) is 0 Å². The molecule has 0 saturated carbocycles. The van der Waals surface area contributed by atoms with Crippen LogP contribution in [0.25, 0.3) is 10.8 Å². The highest BCUT2D eigenvalue weighted by Gasteiger charge is 2.20. The number of carbonyl (C=O) groups excluding carboxylic acids is 1. The van der Waals surface area contributed by atoms with Crippen LogP contribution in [0.3, 0.4) is 0 Å². The summed E-state index contributed by atoms with van der Waals surface area (Å²) in [5, 5.41) is 4.97. The second-order valence-electron chi connectivity index (χ2n) is 6.46. The number of carbonyl (C=O) groups is 1. The van der Waals surface area contributed by atoms with Gasteiger partial charge in [0.05, 0.1) is 12.5 Å². The molecule has 0 bridgehead atoms. The minimum absolute atomic E-state index is 0.167. The number of fused-ring (bicyclic) bond motifs is 1. The first-order chi connectivity index (χ1) is 13.6. The zero-order valence-corrected chi connectivity index (χ0v) is 15.9. The SMILES string of the molecule is C=CC1=C(/C=C(\C)C(CN)C(=O)Nc2ccc3cnccc3c2)OCCO[B]1. The standard InChI is InChI=1S/C21H23BN3O3/c1-3-19-20(27-8-9-28-22-19)10-14(2)18(12-23)21(26)25-17-5-4-16-13-24-7-6-15(16)11-17/h3-7,10-11,13,18H,1,8-9,12,23H2,2H3,(H,25,26)/b14-10+. The number of pyridine rings is 1. The number of ether oxygens (including phenoxy) is 1. The van der Waals surface area contributed by atoms with Gasteiger partial charge in [0.15, 0.2) is 0 Å². The number of hydrogen-bond acceptors (Lipinski definition) is 5. The zero-order valence-electron chi connectivity index (χ0n) is 15.9. The molecule has 3 N–H and O–H groups in total. The molecule has 2 heterocycles. The largest absolute Gasteiger partial charge is 0.492 e. The number of hydrogen-bond donors (Lipinski definition) is 2. The second kappa shape index (κ2) is 9.35. The van der Waals surface area contributed by atoms with Crippen molar-refractivity contribution in [1.29, 1.82) is 0 Å². The molecule has 1 atom stereocenters. The van der Waals surface area contributed by atoms with Crippen LogP contribution in [0.5, 0.6) is 0 Å². The van der Waals surface area contributed by atoms with Crippen molar-refractivity contribution in [1.82, 2.24) is 4.98 Å². The highest BCUT2D eigenvalue weighted by Crippen LogP contribution is 2.21. The van der Waals surface area contributed by atoms with Gasteiger partial charge < -0.3 is 20.4 Å². The van der Waals surface area contributed by atoms with Gasteiger partial charge in [0.25, 0.3) is 0 Å². The predicted octanol–water partition coefficient (Wildman–Crippen LogP) is 2.76. The summed E-state index contributed by atoms with van der Waals surface area (Å²) in [5.74, 6) is -0.0341. The van der Waals surface area contributed by atoms with Gasteiger partial charge in [0.2, 0.25) is 5.91 Å². The molecule has 6 nitrogen and oxygen atoms in total. The van der Waals surface area contributed by atoms with Crippen molar-refractivity contribution in [3.8, 4) is 0 Å². The quantitative estimate of drug-likeness (QED) is 0.758. The Bertz CT molecular complexity index is 939. The summed E-state index contributed by atoms with van der Waals surface area (Å²) in [6.45, 7) is 6.72. The van der Waals surface area contributed by atoms with Crippen molar-refractivity contribution >= 4 is 29.8 Å². The molecule has 0 saturated heterocycles. The summed E-state index contributed by atoms with van der Waals surface area (Å²) in [6.07, 6.45) is 6.99. The molecule has 1 aliphatic heterocycles. The zero-order chi connectivity index (χ0) is 19.9. The maximum Gasteiger partial charge on any atom is 0.334 e. The lowest BCUT2D eigenvalue weighted by Gasteiger charge is -2.17. The Kier molecular flexibility index (Phi) is 6.63. The molecule has 1 radical (unpaired) electrons. The van der Waals surface area contributed by atoms with Crippen molar-refractivity contribution < 1.29 is 14.2 Å². The minimum atomic E-state index is -0.487. The molecule has 1 aliphatic rings. The molecule has 0 fully saturated rings. The fraction of sp³-hybridized carbons (Fsp3) is 0.238. The lowest BCUT2D eigenvalue weighted by atomic mass is 9.85. The molecular weight excluding hydrogens is 353 g/mol. The monoisotopic (exact) mass is 376 g/mol. The summed E-state index contributed by atoms with van der Waals surface area (Å²) in [6, 6.07) is 7.60. The van der Waals surface area contributed by atoms with Gasteiger partial charge in [-0.1, -0.05) is 24.3 Å². The maximum absolute atomic E-state index is 12.8. The van der Waals surface area contributed by atoms with E-state index in [9.17, 15) is 4.79 Å². The molecule has 0 spiro atoms. The first kappa shape index (κ1) is 19.9. The third-order valence-corrected chi connectivity index (χ3v) is 4.54. The topological polar surface area (TPSA) is 86.5 Å². The number of rotatable bonds is 6. The minimum Gasteiger partial charge on any atom is -0.492 e. The van der Waals surface area contributed by atoms with Gasteiger partial charge in [-0.15, -0.1) is 0 Å². The van der Waals surface area contributed by atoms with Gasteiger partial charge in [0.1, 0.15) is 12.4 Å². The van der Waals surface area contributed by atoms with E-state index in [0.717, 1.165) is 21.8 Å². The smallest absolute Gasteiger partial charge is 0.334 e. The number of amides is 1. The number of nitrogens with zero attached hydrogens (tertiary/aromatic N) is 1. The van der Waals surface area contributed by atoms with Crippen LogP contribution in [0.2, 0.25) is 0 Å². The van der Waals surface area contributed by atoms with E-state index < -0.39 is 5.92 Å². The van der Waals surface area contributed by atoms with Crippen molar-refractivity contribution in [3.63, 3.8) is 0 Å². The van der Waals surface area contributed by atoms with Crippen LogP contribution >= 0.6 is 0 Å². The molecule has 1 aromatic carbocycles. The Morgan fingerprint density at radius 3 is 3.04 bits per heavy atom. The van der Waals surface area contributed by atoms with Crippen molar-refractivity contribution in [2.75, 3.05) is 25.1 Å². The molecular formula is C21H23BN3O3. The summed E-state index contributed by atoms with van der Waals surface area (Å²) >= 11 is 0. The van der Waals surface area contributed by atoms with Gasteiger partial charge in [0, 0.05) is 30.0 Å². The fourth-order valence-electron chi connectivity index (χ4n) is 2.96. The first-order valence-corrected chi connectivity index (χ1v) is 9.09. The predicted molar refractivity (Wildman–Crippen MR) is 112 cm³/mol. The van der Waals surface area contributed by atoms with E-state index in [4.69, 9.17) is 15.1 Å². The molecule has 1 unspecified atom stereocenters. The van der Waals surface area contributed by atoms with Crippen molar-refractivity contribution in [3.05, 3.63) is 72.2 Å². The van der Waals surface area contributed by atoms with Crippen LogP contribution in [0.1, 0.15) is 6.92 Å². The third kappa shape index (κ3) is 4.68. The van der Waals surface area contributed by atoms with Crippen molar-refractivity contribution in [2.45, 2.75) is 6.92 Å². The maximum atomic E-state index is 12.8. The number of allylic oxidation sites excluding steroid dienone is 3. The molecule has 28 heavy (non-hydrogen) atoms. The van der Waals surface area contributed by atoms with Gasteiger partial charge in [-0.05, 0) is 42.1 Å². The molecule has 1 amide bonds. The average molecular weight is 376 g/mol. The Morgan fingerprint density at radius 2 is 2.25 bits per heavy atom. The summed E-state index contributed by atoms with van der Waals surface area (Å²) in [5.41, 5.74) is 8.15. The number of nitrogens with two attached hydrogens (primary N) is 1. The molecule has 143 valence electrons. The van der Waals surface area contributed by atoms with Crippen LogP contribution in [0.4, 0.5) is 5.69 Å². The van der Waals surface area contributed by atoms with Gasteiger partial charge >= 0.3 is 7.48 Å². The molecule has 2 aromatic rings. The Morgan fingerprint density at radius 1 is 1.39 bits per heavy atom. The molecule has 1 aromatic heterocycles. The Balaban J connectivity index is 1.79. The third-order valence-electron chi connectivity index (χ3n) is 4.54. The fourth-order valence-corrected chi connectivity index (χ4v) is 2.96. The van der Waals surface area contributed by atoms with E-state index in [1.807, 2.05) is 37.3 Å². The highest BCUT2D eigenvalue weighted by molar-refractivity contribution is 6.39. The van der Waals surface area contributed by atoms with Crippen molar-refractivity contribution in [2.24, 2.45) is 11.7 Å². The second-order valence-corrected chi connectivity index (χ2v) is 6.46. The first-order valence-electron chi connectivity index (χ1n) is 9.09. The van der Waals surface area contributed by atoms with Gasteiger partial charge in [-0.2, -0.15) is 0 Å². The highest BCUT2D eigenvalue weighted by atomic mass is 16.5. The van der Waals surface area contributed by atoms with Crippen LogP contribution in [0, 0.1) is 5.92 Å². The van der Waals surface area contributed by atoms with E-state index in [-0.39, 0.29) is 12.5 Å². The van der Waals surface area contributed by atoms with Gasteiger partial charge in [-0.25, -0.2) is 0 Å². The van der Waals surface area contributed by atoms with Gasteiger partial charge in [-0.3, -0.25) is 9.78 Å². The Hall–Kier alpha value is -2.90. The molecule has 7 heteroatoms. The summed E-state index contributed by atoms with van der Waals surface area (Å²) < 4.78 is 11.1. The summed E-state index contributed by atoms with van der Waals surface area (Å²) in [7, 11) is 1.61. The van der Waals surface area contributed by atoms with E-state index >= 15 is 0 Å². The number of anilines is 1. The van der Waals surface area contributed by atoms with E-state index in [2.05, 4.69) is 16.9 Å². The number of nitrogens with one attached hydrogen (secondary N) is 1. The van der Waals surface area contributed by atoms with E-state index in [0.29, 0.717) is 24.7 Å². The average Bonchev–Trinajstić information content (AvgIpc) is 2.93. The number of benzene rings is 1. The normalized spacial score (nSPS) is 16.0. The van der Waals surface area contributed by atoms with Crippen LogP contribution in [-0.2, 0) is 14.2 Å². The molecule has 3 rings (SSSR count). The lowest BCUT2D eigenvalue weighted by molar-refractivity contribution is -0.118. The number of aromatic nitrogens is 1. The molecule has 0 aliphatic carbocycles. The Labute approximate surface area is 165 Å². The lowest BCUT2D eigenvalue weighted by Crippen LogP contribution is -2.30.